The van der Waals surface area contributed by atoms with Crippen LogP contribution in [0.2, 0.25) is 10.0 Å². The van der Waals surface area contributed by atoms with Crippen molar-refractivity contribution in [2.45, 2.75) is 13.3 Å². The van der Waals surface area contributed by atoms with Crippen molar-refractivity contribution in [3.63, 3.8) is 0 Å². The van der Waals surface area contributed by atoms with Crippen LogP contribution in [0.3, 0.4) is 0 Å². The van der Waals surface area contributed by atoms with E-state index in [0.29, 0.717) is 39.2 Å². The van der Waals surface area contributed by atoms with Gasteiger partial charge in [0.05, 0.1) is 18.2 Å². The minimum absolute atomic E-state index is 0.0787. The Hall–Kier alpha value is -3.10. The number of furan rings is 1. The smallest absolute Gasteiger partial charge is 0.267 e. The Kier molecular flexibility index (Phi) is 9.41. The van der Waals surface area contributed by atoms with Gasteiger partial charge in [0.25, 0.3) is 11.8 Å². The van der Waals surface area contributed by atoms with Crippen molar-refractivity contribution in [2.75, 3.05) is 39.4 Å². The number of ether oxygens (including phenoxy) is 1. The van der Waals surface area contributed by atoms with E-state index in [1.807, 2.05) is 19.1 Å². The first-order chi connectivity index (χ1) is 17.9. The molecule has 0 saturated carbocycles. The molecule has 37 heavy (non-hydrogen) atoms. The van der Waals surface area contributed by atoms with E-state index in [4.69, 9.17) is 32.4 Å². The lowest BCUT2D eigenvalue weighted by Crippen LogP contribution is -2.39. The Balaban J connectivity index is 1.49. The molecule has 0 radical (unpaired) electrons. The van der Waals surface area contributed by atoms with Crippen molar-refractivity contribution >= 4 is 41.1 Å². The number of nitrogens with zero attached hydrogens (tertiary/aromatic N) is 1. The van der Waals surface area contributed by atoms with Crippen LogP contribution in [0.15, 0.2) is 64.7 Å². The number of nitrogens with one attached hydrogen (secondary N) is 2. The van der Waals surface area contributed by atoms with Gasteiger partial charge in [-0.25, -0.2) is 0 Å². The van der Waals surface area contributed by atoms with E-state index in [0.717, 1.165) is 44.8 Å². The summed E-state index contributed by atoms with van der Waals surface area (Å²) in [5.41, 5.74) is 2.19. The van der Waals surface area contributed by atoms with Gasteiger partial charge >= 0.3 is 0 Å². The first-order valence-electron chi connectivity index (χ1n) is 12.1. The number of carbonyl (C=O) groups excluding carboxylic acids is 2. The highest BCUT2D eigenvalue weighted by molar-refractivity contribution is 6.35. The Labute approximate surface area is 226 Å². The SMILES string of the molecule is Cc1ccc(C(=O)N/C(=C\c2ccc(-c3cc(Cl)ccc3Cl)o2)C(=O)NCCCN2CCOCC2)cc1. The van der Waals surface area contributed by atoms with Gasteiger partial charge in [-0.2, -0.15) is 0 Å². The maximum atomic E-state index is 13.1. The third-order valence-corrected chi connectivity index (χ3v) is 6.52. The van der Waals surface area contributed by atoms with Crippen molar-refractivity contribution in [1.29, 1.82) is 0 Å². The number of benzene rings is 2. The third-order valence-electron chi connectivity index (χ3n) is 5.95. The van der Waals surface area contributed by atoms with Crippen LogP contribution >= 0.6 is 23.2 Å². The average molecular weight is 542 g/mol. The summed E-state index contributed by atoms with van der Waals surface area (Å²) in [7, 11) is 0. The van der Waals surface area contributed by atoms with Crippen molar-refractivity contribution in [3.8, 4) is 11.3 Å². The standard InChI is InChI=1S/C28H29Cl2N3O4/c1-19-3-5-20(6-4-19)27(34)32-25(28(35)31-11-2-12-33-13-15-36-16-14-33)18-22-8-10-26(37-22)23-17-21(29)7-9-24(23)30/h3-10,17-18H,2,11-16H2,1H3,(H,31,35)(H,32,34)/b25-18-. The summed E-state index contributed by atoms with van der Waals surface area (Å²) in [6.07, 6.45) is 2.29. The topological polar surface area (TPSA) is 83.8 Å². The van der Waals surface area contributed by atoms with E-state index in [9.17, 15) is 9.59 Å². The van der Waals surface area contributed by atoms with Gasteiger partial charge in [0.1, 0.15) is 17.2 Å². The van der Waals surface area contributed by atoms with Gasteiger partial charge in [0.2, 0.25) is 0 Å². The van der Waals surface area contributed by atoms with Crippen molar-refractivity contribution in [1.82, 2.24) is 15.5 Å². The molecule has 1 aromatic heterocycles. The van der Waals surface area contributed by atoms with Gasteiger partial charge in [-0.05, 0) is 62.4 Å². The van der Waals surface area contributed by atoms with Crippen molar-refractivity contribution in [3.05, 3.63) is 87.2 Å². The highest BCUT2D eigenvalue weighted by atomic mass is 35.5. The molecule has 0 spiro atoms. The number of halogens is 2. The maximum absolute atomic E-state index is 13.1. The van der Waals surface area contributed by atoms with E-state index in [-0.39, 0.29) is 11.6 Å². The molecule has 3 aromatic rings. The molecular formula is C28H29Cl2N3O4. The summed E-state index contributed by atoms with van der Waals surface area (Å²) in [5.74, 6) is 0.0863. The van der Waals surface area contributed by atoms with Crippen LogP contribution in [0.4, 0.5) is 0 Å². The molecule has 1 saturated heterocycles. The number of hydrogen-bond acceptors (Lipinski definition) is 5. The fourth-order valence-electron chi connectivity index (χ4n) is 3.89. The number of hydrogen-bond donors (Lipinski definition) is 2. The molecule has 2 heterocycles. The lowest BCUT2D eigenvalue weighted by atomic mass is 10.1. The molecule has 0 unspecified atom stereocenters. The zero-order valence-corrected chi connectivity index (χ0v) is 22.1. The molecule has 1 aliphatic rings. The Morgan fingerprint density at radius 1 is 1.03 bits per heavy atom. The zero-order chi connectivity index (χ0) is 26.2. The predicted octanol–water partition coefficient (Wildman–Crippen LogP) is 5.17. The summed E-state index contributed by atoms with van der Waals surface area (Å²) in [4.78, 5) is 28.3. The second kappa shape index (κ2) is 12.9. The van der Waals surface area contributed by atoms with Crippen LogP contribution < -0.4 is 10.6 Å². The predicted molar refractivity (Wildman–Crippen MR) is 146 cm³/mol. The molecule has 1 aliphatic heterocycles. The lowest BCUT2D eigenvalue weighted by Gasteiger charge is -2.26. The number of aryl methyl sites for hydroxylation is 1. The van der Waals surface area contributed by atoms with Crippen molar-refractivity contribution < 1.29 is 18.7 Å². The van der Waals surface area contributed by atoms with Crippen LogP contribution in [0.1, 0.15) is 28.1 Å². The van der Waals surface area contributed by atoms with Crippen molar-refractivity contribution in [2.24, 2.45) is 0 Å². The number of morpholine rings is 1. The van der Waals surface area contributed by atoms with E-state index in [1.54, 1.807) is 42.5 Å². The number of carbonyl (C=O) groups is 2. The summed E-state index contributed by atoms with van der Waals surface area (Å²) in [5, 5.41) is 6.65. The van der Waals surface area contributed by atoms with Crippen LogP contribution in [0.25, 0.3) is 17.4 Å². The van der Waals surface area contributed by atoms with Gasteiger partial charge in [-0.3, -0.25) is 14.5 Å². The summed E-state index contributed by atoms with van der Waals surface area (Å²) in [6, 6.07) is 15.7. The van der Waals surface area contributed by atoms with Crippen LogP contribution in [0.5, 0.6) is 0 Å². The largest absolute Gasteiger partial charge is 0.457 e. The van der Waals surface area contributed by atoms with Gasteiger partial charge in [-0.15, -0.1) is 0 Å². The average Bonchev–Trinajstić information content (AvgIpc) is 3.37. The van der Waals surface area contributed by atoms with E-state index in [2.05, 4.69) is 15.5 Å². The summed E-state index contributed by atoms with van der Waals surface area (Å²) in [6.45, 7) is 6.52. The quantitative estimate of drug-likeness (QED) is 0.288. The Morgan fingerprint density at radius 3 is 2.54 bits per heavy atom. The number of rotatable bonds is 9. The van der Waals surface area contributed by atoms with E-state index < -0.39 is 5.91 Å². The van der Waals surface area contributed by atoms with Gasteiger partial charge in [0.15, 0.2) is 0 Å². The first-order valence-corrected chi connectivity index (χ1v) is 12.9. The second-order valence-electron chi connectivity index (χ2n) is 8.77. The highest BCUT2D eigenvalue weighted by Crippen LogP contribution is 2.32. The molecule has 194 valence electrons. The van der Waals surface area contributed by atoms with Crippen LogP contribution in [-0.2, 0) is 9.53 Å². The minimum Gasteiger partial charge on any atom is -0.457 e. The molecule has 2 N–H and O–H groups in total. The normalized spacial score (nSPS) is 14.4. The lowest BCUT2D eigenvalue weighted by molar-refractivity contribution is -0.117. The fourth-order valence-corrected chi connectivity index (χ4v) is 4.27. The molecule has 2 amide bonds. The molecule has 2 aromatic carbocycles. The van der Waals surface area contributed by atoms with E-state index >= 15 is 0 Å². The molecule has 9 heteroatoms. The first kappa shape index (κ1) is 26.9. The van der Waals surface area contributed by atoms with Crippen LogP contribution in [0, 0.1) is 6.92 Å². The molecule has 1 fully saturated rings. The summed E-state index contributed by atoms with van der Waals surface area (Å²) < 4.78 is 11.3. The fraction of sp³-hybridized carbons (Fsp3) is 0.286. The zero-order valence-electron chi connectivity index (χ0n) is 20.6. The molecule has 0 bridgehead atoms. The Morgan fingerprint density at radius 2 is 1.78 bits per heavy atom. The van der Waals surface area contributed by atoms with Gasteiger partial charge in [-0.1, -0.05) is 40.9 Å². The minimum atomic E-state index is -0.402. The Bertz CT molecular complexity index is 1260. The second-order valence-corrected chi connectivity index (χ2v) is 9.61. The monoisotopic (exact) mass is 541 g/mol. The molecular weight excluding hydrogens is 513 g/mol. The molecule has 0 atom stereocenters. The maximum Gasteiger partial charge on any atom is 0.267 e. The highest BCUT2D eigenvalue weighted by Gasteiger charge is 2.17. The summed E-state index contributed by atoms with van der Waals surface area (Å²) >= 11 is 12.4. The van der Waals surface area contributed by atoms with Crippen LogP contribution in [-0.4, -0.2) is 56.1 Å². The molecule has 0 aliphatic carbocycles. The molecule has 4 rings (SSSR count). The van der Waals surface area contributed by atoms with Gasteiger partial charge in [0, 0.05) is 41.9 Å². The molecule has 7 nitrogen and oxygen atoms in total. The number of amides is 2. The van der Waals surface area contributed by atoms with Gasteiger partial charge < -0.3 is 19.8 Å². The van der Waals surface area contributed by atoms with E-state index in [1.165, 1.54) is 6.08 Å². The third kappa shape index (κ3) is 7.69.